The zero-order valence-electron chi connectivity index (χ0n) is 19.3. The molecule has 1 aromatic carbocycles. The largest absolute Gasteiger partial charge is 0.495 e. The minimum absolute atomic E-state index is 0.0915. The van der Waals surface area contributed by atoms with Crippen LogP contribution in [-0.4, -0.2) is 51.6 Å². The summed E-state index contributed by atoms with van der Waals surface area (Å²) in [5.74, 6) is 0.897. The number of aromatic nitrogens is 3. The van der Waals surface area contributed by atoms with Crippen LogP contribution in [0, 0.1) is 6.92 Å². The van der Waals surface area contributed by atoms with Crippen molar-refractivity contribution in [2.45, 2.75) is 26.3 Å². The van der Waals surface area contributed by atoms with Gasteiger partial charge >= 0.3 is 0 Å². The van der Waals surface area contributed by atoms with Crippen molar-refractivity contribution in [2.75, 3.05) is 25.9 Å². The number of carbonyl (C=O) groups is 2. The van der Waals surface area contributed by atoms with Gasteiger partial charge in [-0.25, -0.2) is 4.98 Å². The van der Waals surface area contributed by atoms with Crippen molar-refractivity contribution in [1.82, 2.24) is 19.7 Å². The van der Waals surface area contributed by atoms with Crippen LogP contribution in [0.1, 0.15) is 35.3 Å². The van der Waals surface area contributed by atoms with E-state index >= 15 is 0 Å². The maximum absolute atomic E-state index is 12.6. The molecule has 34 heavy (non-hydrogen) atoms. The first-order valence-corrected chi connectivity index (χ1v) is 11.8. The van der Waals surface area contributed by atoms with Crippen molar-refractivity contribution < 1.29 is 14.3 Å². The molecule has 1 saturated heterocycles. The summed E-state index contributed by atoms with van der Waals surface area (Å²) in [6.45, 7) is 8.22. The molecule has 1 atom stereocenters. The Labute approximate surface area is 200 Å². The minimum Gasteiger partial charge on any atom is -0.495 e. The summed E-state index contributed by atoms with van der Waals surface area (Å²) in [6.07, 6.45) is 3.56. The molecule has 1 unspecified atom stereocenters. The van der Waals surface area contributed by atoms with Crippen molar-refractivity contribution in [3.63, 3.8) is 0 Å². The van der Waals surface area contributed by atoms with Crippen LogP contribution in [0.3, 0.4) is 0 Å². The van der Waals surface area contributed by atoms with Gasteiger partial charge in [-0.15, -0.1) is 11.3 Å². The molecule has 0 aliphatic carbocycles. The number of Topliss-reactive ketones (excluding diaryl/α,β-unsaturated/α-hetero) is 1. The van der Waals surface area contributed by atoms with Crippen LogP contribution < -0.4 is 10.5 Å². The molecule has 1 aliphatic rings. The molecular weight excluding hydrogens is 450 g/mol. The molecule has 2 N–H and O–H groups in total. The van der Waals surface area contributed by atoms with E-state index in [0.29, 0.717) is 41.1 Å². The lowest BCUT2D eigenvalue weighted by atomic mass is 10.1. The number of ether oxygens (including phenoxy) is 1. The fourth-order valence-electron chi connectivity index (χ4n) is 4.69. The van der Waals surface area contributed by atoms with Crippen LogP contribution in [0.4, 0.5) is 5.82 Å². The molecule has 174 valence electrons. The third kappa shape index (κ3) is 3.43. The number of likely N-dealkylation sites (tertiary alicyclic amines) is 1. The first kappa shape index (κ1) is 22.1. The summed E-state index contributed by atoms with van der Waals surface area (Å²) < 4.78 is 8.49. The van der Waals surface area contributed by atoms with Crippen LogP contribution in [0.2, 0.25) is 0 Å². The van der Waals surface area contributed by atoms with Gasteiger partial charge in [0.25, 0.3) is 0 Å². The Morgan fingerprint density at radius 1 is 1.32 bits per heavy atom. The third-order valence-electron chi connectivity index (χ3n) is 6.31. The highest BCUT2D eigenvalue weighted by molar-refractivity contribution is 7.22. The Morgan fingerprint density at radius 2 is 2.12 bits per heavy atom. The van der Waals surface area contributed by atoms with E-state index < -0.39 is 0 Å². The van der Waals surface area contributed by atoms with Gasteiger partial charge in [0, 0.05) is 19.3 Å². The quantitative estimate of drug-likeness (QED) is 0.340. The number of nitrogens with zero attached hydrogens (tertiary/aromatic N) is 4. The van der Waals surface area contributed by atoms with Gasteiger partial charge < -0.3 is 15.4 Å². The molecule has 5 rings (SSSR count). The number of pyridine rings is 1. The van der Waals surface area contributed by atoms with Crippen molar-refractivity contribution in [3.05, 3.63) is 48.2 Å². The monoisotopic (exact) mass is 475 g/mol. The van der Waals surface area contributed by atoms with E-state index in [4.69, 9.17) is 15.6 Å². The number of hydrogen-bond donors (Lipinski definition) is 1. The molecule has 4 heterocycles. The third-order valence-corrected chi connectivity index (χ3v) is 7.48. The molecule has 9 heteroatoms. The molecule has 1 fully saturated rings. The lowest BCUT2D eigenvalue weighted by molar-refractivity contribution is -0.125. The number of fused-ring (bicyclic) bond motifs is 2. The van der Waals surface area contributed by atoms with E-state index in [0.717, 1.165) is 32.7 Å². The van der Waals surface area contributed by atoms with Crippen LogP contribution in [-0.2, 0) is 4.79 Å². The van der Waals surface area contributed by atoms with E-state index in [9.17, 15) is 9.59 Å². The van der Waals surface area contributed by atoms with Gasteiger partial charge in [0.15, 0.2) is 5.78 Å². The molecule has 0 saturated carbocycles. The van der Waals surface area contributed by atoms with Gasteiger partial charge in [-0.1, -0.05) is 12.6 Å². The van der Waals surface area contributed by atoms with Crippen LogP contribution in [0.15, 0.2) is 37.1 Å². The first-order valence-electron chi connectivity index (χ1n) is 11.0. The number of hydrogen-bond acceptors (Lipinski definition) is 7. The number of rotatable bonds is 5. The van der Waals surface area contributed by atoms with Crippen molar-refractivity contribution >= 4 is 49.8 Å². The molecular formula is C25H25N5O3S. The van der Waals surface area contributed by atoms with Gasteiger partial charge in [0.1, 0.15) is 17.3 Å². The number of nitrogen functional groups attached to an aromatic ring is 1. The normalized spacial score (nSPS) is 15.9. The topological polar surface area (TPSA) is 103 Å². The predicted molar refractivity (Wildman–Crippen MR) is 134 cm³/mol. The highest BCUT2D eigenvalue weighted by Gasteiger charge is 2.31. The highest BCUT2D eigenvalue weighted by Crippen LogP contribution is 2.43. The van der Waals surface area contributed by atoms with Crippen LogP contribution in [0.5, 0.6) is 5.75 Å². The maximum Gasteiger partial charge on any atom is 0.246 e. The van der Waals surface area contributed by atoms with Gasteiger partial charge in [-0.05, 0) is 49.4 Å². The molecule has 4 aromatic rings. The second-order valence-corrected chi connectivity index (χ2v) is 9.61. The SMILES string of the molecule is C=CC(=O)N1CCC(n2nc(-c3cc4cc(C)cc(OC)c4s3)c3c(N)ncc(C(C)=O)c32)C1. The second-order valence-electron chi connectivity index (χ2n) is 8.56. The maximum atomic E-state index is 12.6. The summed E-state index contributed by atoms with van der Waals surface area (Å²) in [5, 5.41) is 6.70. The Kier molecular flexibility index (Phi) is 5.36. The Balaban J connectivity index is 1.75. The summed E-state index contributed by atoms with van der Waals surface area (Å²) >= 11 is 1.57. The average Bonchev–Trinajstić information content (AvgIpc) is 3.54. The number of methoxy groups -OCH3 is 1. The van der Waals surface area contributed by atoms with Gasteiger partial charge in [-0.3, -0.25) is 14.3 Å². The van der Waals surface area contributed by atoms with Gasteiger partial charge in [-0.2, -0.15) is 5.10 Å². The van der Waals surface area contributed by atoms with E-state index in [2.05, 4.69) is 23.7 Å². The first-order chi connectivity index (χ1) is 16.3. The van der Waals surface area contributed by atoms with Gasteiger partial charge in [0.2, 0.25) is 5.91 Å². The van der Waals surface area contributed by atoms with Crippen molar-refractivity contribution in [3.8, 4) is 16.3 Å². The van der Waals surface area contributed by atoms with Crippen molar-refractivity contribution in [1.29, 1.82) is 0 Å². The summed E-state index contributed by atoms with van der Waals surface area (Å²) in [6, 6.07) is 6.09. The standard InChI is InChI=1S/C25H25N5O3S/c1-5-20(32)29-7-6-16(12-29)30-23-17(14(3)31)11-27-25(26)21(23)22(28-30)19-10-15-8-13(2)9-18(33-4)24(15)34-19/h5,8-11,16H,1,6-7,12H2,2-4H3,(H2,26,27). The van der Waals surface area contributed by atoms with Gasteiger partial charge in [0.05, 0.1) is 39.2 Å². The number of anilines is 1. The number of amides is 1. The minimum atomic E-state index is -0.115. The van der Waals surface area contributed by atoms with E-state index in [-0.39, 0.29) is 17.7 Å². The van der Waals surface area contributed by atoms with E-state index in [1.54, 1.807) is 23.3 Å². The molecule has 3 aromatic heterocycles. The number of aryl methyl sites for hydroxylation is 1. The highest BCUT2D eigenvalue weighted by atomic mass is 32.1. The summed E-state index contributed by atoms with van der Waals surface area (Å²) in [7, 11) is 1.66. The zero-order chi connectivity index (χ0) is 24.1. The van der Waals surface area contributed by atoms with Crippen LogP contribution in [0.25, 0.3) is 31.6 Å². The lowest BCUT2D eigenvalue weighted by Gasteiger charge is -2.16. The molecule has 1 amide bonds. The lowest BCUT2D eigenvalue weighted by Crippen LogP contribution is -2.27. The molecule has 0 radical (unpaired) electrons. The summed E-state index contributed by atoms with van der Waals surface area (Å²) in [4.78, 5) is 31.7. The molecule has 0 bridgehead atoms. The van der Waals surface area contributed by atoms with Crippen molar-refractivity contribution in [2.24, 2.45) is 0 Å². The fraction of sp³-hybridized carbons (Fsp3) is 0.280. The Bertz CT molecular complexity index is 1490. The smallest absolute Gasteiger partial charge is 0.246 e. The Hall–Kier alpha value is -3.72. The number of benzene rings is 1. The number of nitrogens with two attached hydrogens (primary N) is 1. The molecule has 1 aliphatic heterocycles. The van der Waals surface area contributed by atoms with Crippen LogP contribution >= 0.6 is 11.3 Å². The number of carbonyl (C=O) groups excluding carboxylic acids is 2. The fourth-order valence-corrected chi connectivity index (χ4v) is 5.82. The van der Waals surface area contributed by atoms with E-state index in [1.165, 1.54) is 19.2 Å². The average molecular weight is 476 g/mol. The predicted octanol–water partition coefficient (Wildman–Crippen LogP) is 4.37. The molecule has 8 nitrogen and oxygen atoms in total. The number of thiophene rings is 1. The molecule has 0 spiro atoms. The summed E-state index contributed by atoms with van der Waals surface area (Å²) in [5.41, 5.74) is 9.28. The number of ketones is 1. The second kappa shape index (κ2) is 8.25. The Morgan fingerprint density at radius 3 is 2.82 bits per heavy atom. The zero-order valence-corrected chi connectivity index (χ0v) is 20.1. The van der Waals surface area contributed by atoms with E-state index in [1.807, 2.05) is 17.7 Å².